The number of piperidine rings is 1. The molecule has 1 saturated heterocycles. The Morgan fingerprint density at radius 3 is 2.43 bits per heavy atom. The molecule has 0 spiro atoms. The van der Waals surface area contributed by atoms with Crippen LogP contribution in [0.15, 0.2) is 4.90 Å². The Morgan fingerprint density at radius 2 is 1.82 bits per heavy atom. The molecule has 0 atom stereocenters. The lowest BCUT2D eigenvalue weighted by molar-refractivity contribution is 0.374. The summed E-state index contributed by atoms with van der Waals surface area (Å²) in [7, 11) is -2.27. The van der Waals surface area contributed by atoms with Crippen LogP contribution in [0, 0.1) is 13.8 Å². The van der Waals surface area contributed by atoms with E-state index in [1.807, 2.05) is 6.92 Å². The van der Waals surface area contributed by atoms with Crippen molar-refractivity contribution in [3.05, 3.63) is 17.2 Å². The van der Waals surface area contributed by atoms with Crippen molar-refractivity contribution in [2.24, 2.45) is 0 Å². The fourth-order valence-corrected chi connectivity index (χ4v) is 4.79. The highest BCUT2D eigenvalue weighted by Crippen LogP contribution is 2.20. The van der Waals surface area contributed by atoms with Gasteiger partial charge in [-0.15, -0.1) is 0 Å². The summed E-state index contributed by atoms with van der Waals surface area (Å²) in [5.41, 5.74) is 1.07. The van der Waals surface area contributed by atoms with Gasteiger partial charge in [-0.2, -0.15) is 20.1 Å². The van der Waals surface area contributed by atoms with Crippen molar-refractivity contribution in [2.75, 3.05) is 25.1 Å². The quantitative estimate of drug-likeness (QED) is 0.725. The van der Waals surface area contributed by atoms with E-state index in [0.717, 1.165) is 25.9 Å². The summed E-state index contributed by atoms with van der Waals surface area (Å²) in [5.74, 6) is 0.834. The molecular formula is C17H27N7O3S. The van der Waals surface area contributed by atoms with Gasteiger partial charge in [-0.3, -0.25) is 4.68 Å². The number of anilines is 1. The maximum absolute atomic E-state index is 12.8. The third-order valence-electron chi connectivity index (χ3n) is 4.77. The molecule has 0 aromatic carbocycles. The molecule has 0 bridgehead atoms. The van der Waals surface area contributed by atoms with E-state index in [1.54, 1.807) is 18.5 Å². The number of aryl methyl sites for hydroxylation is 2. The zero-order valence-corrected chi connectivity index (χ0v) is 17.6. The molecule has 3 heterocycles. The Bertz CT molecular complexity index is 936. The fraction of sp³-hybridized carbons (Fsp3) is 0.647. The highest BCUT2D eigenvalue weighted by atomic mass is 32.2. The maximum atomic E-state index is 12.8. The molecule has 3 rings (SSSR count). The van der Waals surface area contributed by atoms with Gasteiger partial charge < -0.3 is 9.64 Å². The molecule has 0 aliphatic carbocycles. The van der Waals surface area contributed by atoms with Crippen molar-refractivity contribution in [3.63, 3.8) is 0 Å². The van der Waals surface area contributed by atoms with E-state index >= 15 is 0 Å². The van der Waals surface area contributed by atoms with E-state index in [1.165, 1.54) is 13.5 Å². The number of methoxy groups -OCH3 is 1. The lowest BCUT2D eigenvalue weighted by Crippen LogP contribution is -2.32. The van der Waals surface area contributed by atoms with E-state index < -0.39 is 10.0 Å². The molecular weight excluding hydrogens is 382 g/mol. The average molecular weight is 410 g/mol. The number of nitrogens with zero attached hydrogens (tertiary/aromatic N) is 6. The Morgan fingerprint density at radius 1 is 1.11 bits per heavy atom. The zero-order valence-electron chi connectivity index (χ0n) is 16.8. The van der Waals surface area contributed by atoms with Gasteiger partial charge in [0.05, 0.1) is 25.0 Å². The van der Waals surface area contributed by atoms with Crippen molar-refractivity contribution < 1.29 is 13.2 Å². The normalized spacial score (nSPS) is 15.1. The predicted octanol–water partition coefficient (Wildman–Crippen LogP) is 1.18. The van der Waals surface area contributed by atoms with Gasteiger partial charge in [0, 0.05) is 19.6 Å². The summed E-state index contributed by atoms with van der Waals surface area (Å²) < 4.78 is 35.1. The second kappa shape index (κ2) is 8.39. The first kappa shape index (κ1) is 20.5. The Labute approximate surface area is 165 Å². The topological polar surface area (TPSA) is 115 Å². The maximum Gasteiger partial charge on any atom is 0.321 e. The second-order valence-corrected chi connectivity index (χ2v) is 8.43. The molecule has 2 aromatic heterocycles. The van der Waals surface area contributed by atoms with Crippen molar-refractivity contribution in [3.8, 4) is 6.01 Å². The van der Waals surface area contributed by atoms with Gasteiger partial charge in [-0.25, -0.2) is 13.1 Å². The van der Waals surface area contributed by atoms with Gasteiger partial charge >= 0.3 is 6.01 Å². The van der Waals surface area contributed by atoms with Gasteiger partial charge in [0.2, 0.25) is 16.0 Å². The largest absolute Gasteiger partial charge is 0.467 e. The molecule has 1 aliphatic rings. The number of ether oxygens (including phenoxy) is 1. The van der Waals surface area contributed by atoms with E-state index in [-0.39, 0.29) is 17.5 Å². The van der Waals surface area contributed by atoms with Crippen molar-refractivity contribution in [1.82, 2.24) is 29.5 Å². The SMILES string of the molecule is CCn1nc(C)c(S(=O)(=O)NCc2nc(OC)nc(N3CCCCC3)n2)c1C. The molecule has 1 aliphatic heterocycles. The Balaban J connectivity index is 1.82. The minimum Gasteiger partial charge on any atom is -0.467 e. The molecule has 2 aromatic rings. The zero-order chi connectivity index (χ0) is 20.3. The third kappa shape index (κ3) is 4.25. The minimum absolute atomic E-state index is 0.0573. The molecule has 28 heavy (non-hydrogen) atoms. The number of aromatic nitrogens is 5. The van der Waals surface area contributed by atoms with Crippen molar-refractivity contribution >= 4 is 16.0 Å². The molecule has 10 nitrogen and oxygen atoms in total. The average Bonchev–Trinajstić information content (AvgIpc) is 3.01. The Kier molecular flexibility index (Phi) is 6.14. The predicted molar refractivity (Wildman–Crippen MR) is 104 cm³/mol. The fourth-order valence-electron chi connectivity index (χ4n) is 3.40. The number of sulfonamides is 1. The Hall–Kier alpha value is -2.27. The summed E-state index contributed by atoms with van der Waals surface area (Å²) in [6.45, 7) is 7.64. The number of nitrogens with one attached hydrogen (secondary N) is 1. The van der Waals surface area contributed by atoms with E-state index in [0.29, 0.717) is 29.7 Å². The first-order chi connectivity index (χ1) is 13.4. The van der Waals surface area contributed by atoms with Crippen LogP contribution in [0.4, 0.5) is 5.95 Å². The molecule has 0 radical (unpaired) electrons. The number of rotatable bonds is 7. The molecule has 1 N–H and O–H groups in total. The van der Waals surface area contributed by atoms with Crippen LogP contribution in [0.1, 0.15) is 43.4 Å². The number of hydrogen-bond acceptors (Lipinski definition) is 8. The summed E-state index contributed by atoms with van der Waals surface area (Å²) in [4.78, 5) is 15.2. The molecule has 154 valence electrons. The minimum atomic E-state index is -3.75. The first-order valence-electron chi connectivity index (χ1n) is 9.43. The standard InChI is InChI=1S/C17H27N7O3S/c1-5-24-13(3)15(12(2)22-24)28(25,26)18-11-14-19-16(21-17(20-14)27-4)23-9-7-6-8-10-23/h18H,5-11H2,1-4H3. The monoisotopic (exact) mass is 409 g/mol. The van der Waals surface area contributed by atoms with Gasteiger partial charge in [0.1, 0.15) is 4.90 Å². The third-order valence-corrected chi connectivity index (χ3v) is 6.43. The smallest absolute Gasteiger partial charge is 0.321 e. The lowest BCUT2D eigenvalue weighted by atomic mass is 10.1. The summed E-state index contributed by atoms with van der Waals surface area (Å²) >= 11 is 0. The van der Waals surface area contributed by atoms with E-state index in [4.69, 9.17) is 4.74 Å². The highest BCUT2D eigenvalue weighted by molar-refractivity contribution is 7.89. The van der Waals surface area contributed by atoms with Crippen LogP contribution in [0.25, 0.3) is 0 Å². The van der Waals surface area contributed by atoms with E-state index in [2.05, 4.69) is 29.7 Å². The summed E-state index contributed by atoms with van der Waals surface area (Å²) in [6.07, 6.45) is 3.35. The van der Waals surface area contributed by atoms with Gasteiger partial charge in [-0.05, 0) is 40.0 Å². The molecule has 0 saturated carbocycles. The van der Waals surface area contributed by atoms with Crippen LogP contribution in [-0.2, 0) is 23.1 Å². The lowest BCUT2D eigenvalue weighted by Gasteiger charge is -2.26. The molecule has 0 amide bonds. The van der Waals surface area contributed by atoms with E-state index in [9.17, 15) is 8.42 Å². The first-order valence-corrected chi connectivity index (χ1v) is 10.9. The summed E-state index contributed by atoms with van der Waals surface area (Å²) in [5, 5.41) is 4.28. The van der Waals surface area contributed by atoms with Crippen molar-refractivity contribution in [1.29, 1.82) is 0 Å². The van der Waals surface area contributed by atoms with Gasteiger partial charge in [-0.1, -0.05) is 0 Å². The highest BCUT2D eigenvalue weighted by Gasteiger charge is 2.25. The summed E-state index contributed by atoms with van der Waals surface area (Å²) in [6, 6.07) is 0.177. The van der Waals surface area contributed by atoms with Gasteiger partial charge in [0.25, 0.3) is 0 Å². The van der Waals surface area contributed by atoms with Crippen LogP contribution in [0.3, 0.4) is 0 Å². The van der Waals surface area contributed by atoms with Crippen molar-refractivity contribution in [2.45, 2.75) is 58.0 Å². The molecule has 11 heteroatoms. The van der Waals surface area contributed by atoms with Crippen LogP contribution in [0.2, 0.25) is 0 Å². The van der Waals surface area contributed by atoms with Gasteiger partial charge in [0.15, 0.2) is 5.82 Å². The van der Waals surface area contributed by atoms with Crippen LogP contribution >= 0.6 is 0 Å². The van der Waals surface area contributed by atoms with Crippen LogP contribution in [0.5, 0.6) is 6.01 Å². The van der Waals surface area contributed by atoms with Crippen LogP contribution in [-0.4, -0.2) is 53.3 Å². The second-order valence-electron chi connectivity index (χ2n) is 6.73. The molecule has 0 unspecified atom stereocenters. The van der Waals surface area contributed by atoms with Crippen LogP contribution < -0.4 is 14.4 Å². The number of hydrogen-bond donors (Lipinski definition) is 1. The molecule has 1 fully saturated rings.